The quantitative estimate of drug-likeness (QED) is 0.472. The molecule has 0 unspecified atom stereocenters. The van der Waals surface area contributed by atoms with Crippen molar-refractivity contribution in [3.05, 3.63) is 96.7 Å². The molecule has 6 heteroatoms. The molecule has 1 aromatic heterocycles. The number of oxazole rings is 1. The third kappa shape index (κ3) is 4.44. The molecule has 1 heterocycles. The zero-order chi connectivity index (χ0) is 20.8. The van der Waals surface area contributed by atoms with Gasteiger partial charge in [-0.3, -0.25) is 4.79 Å². The van der Waals surface area contributed by atoms with Gasteiger partial charge in [0.2, 0.25) is 5.89 Å². The number of nitrogens with one attached hydrogen (secondary N) is 1. The summed E-state index contributed by atoms with van der Waals surface area (Å²) in [4.78, 5) is 28.9. The van der Waals surface area contributed by atoms with E-state index in [4.69, 9.17) is 9.15 Å². The third-order valence-electron chi connectivity index (χ3n) is 4.33. The molecule has 0 aliphatic heterocycles. The Kier molecular flexibility index (Phi) is 5.66. The van der Waals surface area contributed by atoms with Crippen LogP contribution in [0.1, 0.15) is 10.4 Å². The second-order valence-corrected chi connectivity index (χ2v) is 6.43. The van der Waals surface area contributed by atoms with Crippen LogP contribution in [0, 0.1) is 0 Å². The van der Waals surface area contributed by atoms with Crippen molar-refractivity contribution >= 4 is 17.6 Å². The second-order valence-electron chi connectivity index (χ2n) is 6.43. The van der Waals surface area contributed by atoms with Crippen molar-refractivity contribution in [3.8, 4) is 22.8 Å². The third-order valence-corrected chi connectivity index (χ3v) is 4.33. The predicted octanol–water partition coefficient (Wildman–Crippen LogP) is 4.80. The molecule has 0 bridgehead atoms. The highest BCUT2D eigenvalue weighted by Crippen LogP contribution is 2.28. The molecule has 0 saturated carbocycles. The van der Waals surface area contributed by atoms with Gasteiger partial charge in [0.05, 0.1) is 17.3 Å². The zero-order valence-corrected chi connectivity index (χ0v) is 15.9. The molecule has 0 fully saturated rings. The Morgan fingerprint density at radius 1 is 0.867 bits per heavy atom. The molecule has 1 amide bonds. The molecule has 0 aliphatic carbocycles. The Morgan fingerprint density at radius 2 is 1.53 bits per heavy atom. The smallest absolute Gasteiger partial charge is 0.339 e. The number of amides is 1. The van der Waals surface area contributed by atoms with Gasteiger partial charge in [-0.25, -0.2) is 9.78 Å². The van der Waals surface area contributed by atoms with E-state index in [-0.39, 0.29) is 5.56 Å². The average molecular weight is 398 g/mol. The summed E-state index contributed by atoms with van der Waals surface area (Å²) in [6.07, 6.45) is 1.61. The summed E-state index contributed by atoms with van der Waals surface area (Å²) < 4.78 is 11.0. The summed E-state index contributed by atoms with van der Waals surface area (Å²) in [6, 6.07) is 25.3. The highest BCUT2D eigenvalue weighted by atomic mass is 16.5. The minimum Gasteiger partial charge on any atom is -0.452 e. The number of para-hydroxylation sites is 1. The molecule has 0 spiro atoms. The van der Waals surface area contributed by atoms with Crippen molar-refractivity contribution in [2.75, 3.05) is 11.9 Å². The van der Waals surface area contributed by atoms with Crippen molar-refractivity contribution in [1.29, 1.82) is 0 Å². The molecule has 4 rings (SSSR count). The van der Waals surface area contributed by atoms with E-state index in [0.29, 0.717) is 22.9 Å². The number of hydrogen-bond acceptors (Lipinski definition) is 5. The summed E-state index contributed by atoms with van der Waals surface area (Å²) in [6.45, 7) is -0.400. The van der Waals surface area contributed by atoms with Gasteiger partial charge in [0.1, 0.15) is 0 Å². The van der Waals surface area contributed by atoms with Crippen LogP contribution >= 0.6 is 0 Å². The fourth-order valence-electron chi connectivity index (χ4n) is 2.91. The molecule has 0 aliphatic rings. The van der Waals surface area contributed by atoms with Crippen molar-refractivity contribution in [3.63, 3.8) is 0 Å². The van der Waals surface area contributed by atoms with Gasteiger partial charge >= 0.3 is 5.97 Å². The molecule has 3 aromatic carbocycles. The average Bonchev–Trinajstić information content (AvgIpc) is 3.29. The van der Waals surface area contributed by atoms with E-state index >= 15 is 0 Å². The van der Waals surface area contributed by atoms with Gasteiger partial charge in [-0.2, -0.15) is 0 Å². The molecule has 1 N–H and O–H groups in total. The second kappa shape index (κ2) is 8.87. The molecule has 0 saturated heterocycles. The summed E-state index contributed by atoms with van der Waals surface area (Å²) >= 11 is 0. The van der Waals surface area contributed by atoms with Crippen LogP contribution in [0.3, 0.4) is 0 Å². The van der Waals surface area contributed by atoms with Crippen LogP contribution in [0.2, 0.25) is 0 Å². The summed E-state index contributed by atoms with van der Waals surface area (Å²) in [7, 11) is 0. The van der Waals surface area contributed by atoms with Gasteiger partial charge < -0.3 is 14.5 Å². The van der Waals surface area contributed by atoms with Gasteiger partial charge in [0.15, 0.2) is 12.4 Å². The number of carbonyl (C=O) groups is 2. The molecular weight excluding hydrogens is 380 g/mol. The van der Waals surface area contributed by atoms with E-state index in [0.717, 1.165) is 5.56 Å². The fourth-order valence-corrected chi connectivity index (χ4v) is 2.91. The maximum Gasteiger partial charge on any atom is 0.339 e. The molecule has 6 nitrogen and oxygen atoms in total. The summed E-state index contributed by atoms with van der Waals surface area (Å²) in [5.74, 6) is -0.158. The van der Waals surface area contributed by atoms with E-state index in [1.807, 2.05) is 36.4 Å². The Balaban J connectivity index is 1.47. The maximum absolute atomic E-state index is 12.6. The van der Waals surface area contributed by atoms with Crippen molar-refractivity contribution in [2.45, 2.75) is 0 Å². The zero-order valence-electron chi connectivity index (χ0n) is 15.9. The Hall–Kier alpha value is -4.19. The maximum atomic E-state index is 12.6. The SMILES string of the molecule is O=C(COC(=O)c1ccccc1-c1ncc(-c2ccccc2)o1)Nc1ccccc1. The lowest BCUT2D eigenvalue weighted by Gasteiger charge is -2.08. The topological polar surface area (TPSA) is 81.4 Å². The first-order chi connectivity index (χ1) is 14.7. The number of nitrogens with zero attached hydrogens (tertiary/aromatic N) is 1. The first kappa shape index (κ1) is 19.1. The lowest BCUT2D eigenvalue weighted by Crippen LogP contribution is -2.21. The first-order valence-corrected chi connectivity index (χ1v) is 9.33. The molecule has 148 valence electrons. The molecule has 0 atom stereocenters. The van der Waals surface area contributed by atoms with E-state index in [2.05, 4.69) is 10.3 Å². The van der Waals surface area contributed by atoms with Gasteiger partial charge in [-0.15, -0.1) is 0 Å². The van der Waals surface area contributed by atoms with Crippen LogP contribution in [0.15, 0.2) is 95.5 Å². The van der Waals surface area contributed by atoms with E-state index < -0.39 is 18.5 Å². The molecule has 30 heavy (non-hydrogen) atoms. The minimum absolute atomic E-state index is 0.270. The Bertz CT molecular complexity index is 1150. The number of esters is 1. The van der Waals surface area contributed by atoms with Crippen LogP contribution in [0.25, 0.3) is 22.8 Å². The van der Waals surface area contributed by atoms with E-state index in [1.165, 1.54) is 0 Å². The Morgan fingerprint density at radius 3 is 2.30 bits per heavy atom. The van der Waals surface area contributed by atoms with Crippen LogP contribution in [-0.4, -0.2) is 23.5 Å². The van der Waals surface area contributed by atoms with Crippen molar-refractivity contribution < 1.29 is 18.7 Å². The van der Waals surface area contributed by atoms with E-state index in [1.54, 1.807) is 54.7 Å². The largest absolute Gasteiger partial charge is 0.452 e. The lowest BCUT2D eigenvalue weighted by molar-refractivity contribution is -0.119. The van der Waals surface area contributed by atoms with Crippen LogP contribution in [-0.2, 0) is 9.53 Å². The fraction of sp³-hybridized carbons (Fsp3) is 0.0417. The predicted molar refractivity (Wildman–Crippen MR) is 113 cm³/mol. The van der Waals surface area contributed by atoms with Gasteiger partial charge in [-0.05, 0) is 24.3 Å². The molecule has 4 aromatic rings. The lowest BCUT2D eigenvalue weighted by atomic mass is 10.1. The van der Waals surface area contributed by atoms with Crippen LogP contribution < -0.4 is 5.32 Å². The van der Waals surface area contributed by atoms with Crippen molar-refractivity contribution in [1.82, 2.24) is 4.98 Å². The number of aromatic nitrogens is 1. The van der Waals surface area contributed by atoms with Crippen LogP contribution in [0.5, 0.6) is 0 Å². The highest BCUT2D eigenvalue weighted by Gasteiger charge is 2.19. The van der Waals surface area contributed by atoms with Crippen LogP contribution in [0.4, 0.5) is 5.69 Å². The monoisotopic (exact) mass is 398 g/mol. The standard InChI is InChI=1S/C24H18N2O4/c27-22(26-18-11-5-2-6-12-18)16-29-24(28)20-14-8-7-13-19(20)23-25-15-21(30-23)17-9-3-1-4-10-17/h1-15H,16H2,(H,26,27). The van der Waals surface area contributed by atoms with Gasteiger partial charge in [0.25, 0.3) is 5.91 Å². The normalized spacial score (nSPS) is 10.4. The first-order valence-electron chi connectivity index (χ1n) is 9.33. The number of hydrogen-bond donors (Lipinski definition) is 1. The van der Waals surface area contributed by atoms with Crippen molar-refractivity contribution in [2.24, 2.45) is 0 Å². The summed E-state index contributed by atoms with van der Waals surface area (Å²) in [5.41, 5.74) is 2.28. The number of ether oxygens (including phenoxy) is 1. The van der Waals surface area contributed by atoms with Gasteiger partial charge in [0, 0.05) is 11.3 Å². The Labute approximate surface area is 173 Å². The van der Waals surface area contributed by atoms with E-state index in [9.17, 15) is 9.59 Å². The molecular formula is C24H18N2O4. The number of benzene rings is 3. The minimum atomic E-state index is -0.631. The number of carbonyl (C=O) groups excluding carboxylic acids is 2. The van der Waals surface area contributed by atoms with Gasteiger partial charge in [-0.1, -0.05) is 60.7 Å². The molecule has 0 radical (unpaired) electrons. The number of rotatable bonds is 6. The summed E-state index contributed by atoms with van der Waals surface area (Å²) in [5, 5.41) is 2.67. The number of anilines is 1. The highest BCUT2D eigenvalue weighted by molar-refractivity contribution is 5.98.